The Morgan fingerprint density at radius 3 is 2.41 bits per heavy atom. The van der Waals surface area contributed by atoms with Gasteiger partial charge in [-0.25, -0.2) is 0 Å². The summed E-state index contributed by atoms with van der Waals surface area (Å²) in [5, 5.41) is 5.47. The van der Waals surface area contributed by atoms with Gasteiger partial charge in [-0.05, 0) is 66.4 Å². The van der Waals surface area contributed by atoms with Gasteiger partial charge in [0.1, 0.15) is 0 Å². The molecule has 0 unspecified atom stereocenters. The van der Waals surface area contributed by atoms with Crippen LogP contribution in [0.4, 0.5) is 5.69 Å². The highest BCUT2D eigenvalue weighted by molar-refractivity contribution is 6.11. The van der Waals surface area contributed by atoms with Gasteiger partial charge in [0.25, 0.3) is 5.91 Å². The average molecular weight is 546 g/mol. The van der Waals surface area contributed by atoms with Crippen LogP contribution in [0.2, 0.25) is 0 Å². The van der Waals surface area contributed by atoms with E-state index in [4.69, 9.17) is 9.47 Å². The maximum Gasteiger partial charge on any atom is 0.254 e. The van der Waals surface area contributed by atoms with Crippen molar-refractivity contribution in [3.8, 4) is 11.5 Å². The van der Waals surface area contributed by atoms with Gasteiger partial charge in [-0.1, -0.05) is 42.5 Å². The summed E-state index contributed by atoms with van der Waals surface area (Å²) in [6.07, 6.45) is 0.744. The van der Waals surface area contributed by atoms with E-state index < -0.39 is 12.0 Å². The zero-order chi connectivity index (χ0) is 28.2. The molecule has 0 spiro atoms. The molecule has 1 aromatic heterocycles. The molecule has 0 fully saturated rings. The SMILES string of the molecule is CCn1c2ccccc2c2cc(NC(=O)[C@H]3c4cc(OC)c(OC)cc4C(=O)N4CCc5ccccc5[C@@H]34)ccc21. The van der Waals surface area contributed by atoms with Crippen LogP contribution >= 0.6 is 0 Å². The minimum atomic E-state index is -0.642. The fraction of sp³-hybridized carbons (Fsp3) is 0.235. The van der Waals surface area contributed by atoms with Crippen LogP contribution in [0.25, 0.3) is 21.8 Å². The maximum atomic E-state index is 14.4. The average Bonchev–Trinajstić information content (AvgIpc) is 3.33. The molecule has 206 valence electrons. The van der Waals surface area contributed by atoms with Gasteiger partial charge in [-0.15, -0.1) is 0 Å². The topological polar surface area (TPSA) is 72.8 Å². The highest BCUT2D eigenvalue weighted by atomic mass is 16.5. The molecular weight excluding hydrogens is 514 g/mol. The largest absolute Gasteiger partial charge is 0.493 e. The molecule has 2 aliphatic heterocycles. The number of benzene rings is 4. The molecule has 0 saturated heterocycles. The molecule has 2 atom stereocenters. The van der Waals surface area contributed by atoms with Crippen LogP contribution in [-0.4, -0.2) is 42.0 Å². The number of aromatic nitrogens is 1. The number of hydrogen-bond acceptors (Lipinski definition) is 4. The summed E-state index contributed by atoms with van der Waals surface area (Å²) < 4.78 is 13.4. The molecular formula is C34H31N3O4. The standard InChI is InChI=1S/C34H31N3O4/c1-4-36-27-12-8-7-11-23(27)24-17-21(13-14-28(24)36)35-33(38)31-25-18-29(40-2)30(41-3)19-26(25)34(39)37-16-15-20-9-5-6-10-22(20)32(31)37/h5-14,17-19,31-32H,4,15-16H2,1-3H3,(H,35,38)/t31-,32-/m0/s1. The molecule has 3 heterocycles. The van der Waals surface area contributed by atoms with Crippen LogP contribution in [0, 0.1) is 0 Å². The first-order valence-electron chi connectivity index (χ1n) is 14.0. The Bertz CT molecular complexity index is 1860. The Morgan fingerprint density at radius 2 is 1.61 bits per heavy atom. The van der Waals surface area contributed by atoms with Crippen LogP contribution in [-0.2, 0) is 17.8 Å². The number of para-hydroxylation sites is 1. The van der Waals surface area contributed by atoms with Crippen molar-refractivity contribution in [2.45, 2.75) is 31.8 Å². The van der Waals surface area contributed by atoms with E-state index in [2.05, 4.69) is 53.2 Å². The second-order valence-electron chi connectivity index (χ2n) is 10.6. The lowest BCUT2D eigenvalue weighted by Gasteiger charge is -2.45. The van der Waals surface area contributed by atoms with Gasteiger partial charge in [0.2, 0.25) is 5.91 Å². The second kappa shape index (κ2) is 9.70. The molecule has 1 N–H and O–H groups in total. The van der Waals surface area contributed by atoms with Crippen LogP contribution in [0.15, 0.2) is 78.9 Å². The molecule has 7 heteroatoms. The first-order chi connectivity index (χ1) is 20.0. The highest BCUT2D eigenvalue weighted by Crippen LogP contribution is 2.49. The Morgan fingerprint density at radius 1 is 0.878 bits per heavy atom. The maximum absolute atomic E-state index is 14.4. The van der Waals surface area contributed by atoms with Crippen LogP contribution in [0.5, 0.6) is 11.5 Å². The van der Waals surface area contributed by atoms with Crippen LogP contribution < -0.4 is 14.8 Å². The van der Waals surface area contributed by atoms with E-state index in [1.807, 2.05) is 35.2 Å². The van der Waals surface area contributed by atoms with Gasteiger partial charge < -0.3 is 24.3 Å². The molecule has 7 rings (SSSR count). The van der Waals surface area contributed by atoms with Crippen molar-refractivity contribution in [1.29, 1.82) is 0 Å². The van der Waals surface area contributed by atoms with Crippen molar-refractivity contribution in [2.75, 3.05) is 26.1 Å². The van der Waals surface area contributed by atoms with E-state index in [9.17, 15) is 9.59 Å². The molecule has 7 nitrogen and oxygen atoms in total. The monoisotopic (exact) mass is 545 g/mol. The van der Waals surface area contributed by atoms with E-state index >= 15 is 0 Å². The van der Waals surface area contributed by atoms with E-state index in [1.165, 1.54) is 5.52 Å². The Hall–Kier alpha value is -4.78. The fourth-order valence-electron chi connectivity index (χ4n) is 6.82. The summed E-state index contributed by atoms with van der Waals surface area (Å²) in [6, 6.07) is 25.6. The van der Waals surface area contributed by atoms with Crippen molar-refractivity contribution in [3.63, 3.8) is 0 Å². The van der Waals surface area contributed by atoms with Crippen molar-refractivity contribution in [1.82, 2.24) is 9.47 Å². The van der Waals surface area contributed by atoms with Crippen molar-refractivity contribution in [2.24, 2.45) is 0 Å². The minimum absolute atomic E-state index is 0.0988. The number of nitrogens with one attached hydrogen (secondary N) is 1. The summed E-state index contributed by atoms with van der Waals surface area (Å²) in [6.45, 7) is 3.53. The lowest BCUT2D eigenvalue weighted by molar-refractivity contribution is -0.119. The fourth-order valence-corrected chi connectivity index (χ4v) is 6.82. The quantitative estimate of drug-likeness (QED) is 0.281. The van der Waals surface area contributed by atoms with Crippen molar-refractivity contribution in [3.05, 3.63) is 101 Å². The first-order valence-corrected chi connectivity index (χ1v) is 14.0. The highest BCUT2D eigenvalue weighted by Gasteiger charge is 2.47. The molecule has 2 aliphatic rings. The first kappa shape index (κ1) is 25.2. The summed E-state index contributed by atoms with van der Waals surface area (Å²) in [5.74, 6) is 0.0433. The van der Waals surface area contributed by atoms with Crippen molar-refractivity contribution >= 4 is 39.3 Å². The Balaban J connectivity index is 1.36. The molecule has 2 amide bonds. The zero-order valence-corrected chi connectivity index (χ0v) is 23.3. The van der Waals surface area contributed by atoms with E-state index in [0.29, 0.717) is 29.2 Å². The number of carbonyl (C=O) groups is 2. The summed E-state index contributed by atoms with van der Waals surface area (Å²) >= 11 is 0. The number of rotatable bonds is 5. The number of amides is 2. The van der Waals surface area contributed by atoms with Gasteiger partial charge in [-0.2, -0.15) is 0 Å². The zero-order valence-electron chi connectivity index (χ0n) is 23.3. The molecule has 41 heavy (non-hydrogen) atoms. The summed E-state index contributed by atoms with van der Waals surface area (Å²) in [4.78, 5) is 30.1. The third-order valence-corrected chi connectivity index (χ3v) is 8.67. The number of fused-ring (bicyclic) bond motifs is 7. The molecule has 0 bridgehead atoms. The lowest BCUT2D eigenvalue weighted by Crippen LogP contribution is -2.49. The second-order valence-corrected chi connectivity index (χ2v) is 10.6. The number of nitrogens with zero attached hydrogens (tertiary/aromatic N) is 2. The van der Waals surface area contributed by atoms with Gasteiger partial charge >= 0.3 is 0 Å². The number of methoxy groups -OCH3 is 2. The summed E-state index contributed by atoms with van der Waals surface area (Å²) in [7, 11) is 3.11. The number of hydrogen-bond donors (Lipinski definition) is 1. The van der Waals surface area contributed by atoms with Crippen LogP contribution in [0.1, 0.15) is 45.9 Å². The number of ether oxygens (including phenoxy) is 2. The predicted octanol–water partition coefficient (Wildman–Crippen LogP) is 6.31. The number of carbonyl (C=O) groups excluding carboxylic acids is 2. The number of anilines is 1. The predicted molar refractivity (Wildman–Crippen MR) is 160 cm³/mol. The lowest BCUT2D eigenvalue weighted by atomic mass is 9.75. The van der Waals surface area contributed by atoms with Gasteiger partial charge in [0, 0.05) is 46.1 Å². The molecule has 0 saturated carbocycles. The third kappa shape index (κ3) is 3.79. The smallest absolute Gasteiger partial charge is 0.254 e. The van der Waals surface area contributed by atoms with Gasteiger partial charge in [-0.3, -0.25) is 9.59 Å². The van der Waals surface area contributed by atoms with Crippen molar-refractivity contribution < 1.29 is 19.1 Å². The molecule has 0 aliphatic carbocycles. The summed E-state index contributed by atoms with van der Waals surface area (Å²) in [5.41, 5.74) is 6.31. The molecule has 5 aromatic rings. The van der Waals surface area contributed by atoms with Crippen LogP contribution in [0.3, 0.4) is 0 Å². The van der Waals surface area contributed by atoms with E-state index in [-0.39, 0.29) is 11.8 Å². The van der Waals surface area contributed by atoms with Gasteiger partial charge in [0.15, 0.2) is 11.5 Å². The Labute approximate surface area is 238 Å². The number of aryl methyl sites for hydroxylation is 1. The molecule has 0 radical (unpaired) electrons. The third-order valence-electron chi connectivity index (χ3n) is 8.67. The van der Waals surface area contributed by atoms with Gasteiger partial charge in [0.05, 0.1) is 26.2 Å². The molecule has 4 aromatic carbocycles. The van der Waals surface area contributed by atoms with E-state index in [1.54, 1.807) is 26.4 Å². The normalized spacial score (nSPS) is 17.6. The minimum Gasteiger partial charge on any atom is -0.493 e. The Kier molecular flexibility index (Phi) is 5.96. The van der Waals surface area contributed by atoms with E-state index in [0.717, 1.165) is 46.1 Å².